The van der Waals surface area contributed by atoms with Gasteiger partial charge in [0.05, 0.1) is 12.5 Å². The number of nitrogens with one attached hydrogen (secondary N) is 1. The molecule has 6 heteroatoms. The highest BCUT2D eigenvalue weighted by Gasteiger charge is 2.39. The number of likely N-dealkylation sites (tertiary alicyclic amines) is 1. The van der Waals surface area contributed by atoms with Crippen LogP contribution in [0.5, 0.6) is 5.75 Å². The Hall–Kier alpha value is -3.02. The van der Waals surface area contributed by atoms with Crippen molar-refractivity contribution in [3.05, 3.63) is 59.7 Å². The standard InChI is InChI=1S/C24H31N3O3/c1-24(23(29)25-16-18-8-5-11-21(14-18)30-4)12-7-13-27(17-24)22(28)19-9-6-10-20(15-19)26(2)3/h5-6,8-11,14-15H,7,12-13,16-17H2,1-4H3,(H,25,29). The largest absolute Gasteiger partial charge is 0.497 e. The van der Waals surface area contributed by atoms with Crippen molar-refractivity contribution in [3.8, 4) is 5.75 Å². The number of ether oxygens (including phenoxy) is 1. The summed E-state index contributed by atoms with van der Waals surface area (Å²) in [4.78, 5) is 29.9. The van der Waals surface area contributed by atoms with Crippen LogP contribution < -0.4 is 15.0 Å². The number of nitrogens with zero attached hydrogens (tertiary/aromatic N) is 2. The molecule has 2 amide bonds. The molecule has 30 heavy (non-hydrogen) atoms. The first-order valence-electron chi connectivity index (χ1n) is 10.3. The summed E-state index contributed by atoms with van der Waals surface area (Å²) in [6.45, 7) is 3.47. The van der Waals surface area contributed by atoms with Gasteiger partial charge in [0.15, 0.2) is 0 Å². The van der Waals surface area contributed by atoms with Crippen LogP contribution in [0.15, 0.2) is 48.5 Å². The lowest BCUT2D eigenvalue weighted by molar-refractivity contribution is -0.132. The topological polar surface area (TPSA) is 61.9 Å². The van der Waals surface area contributed by atoms with Crippen LogP contribution in [0.25, 0.3) is 0 Å². The Morgan fingerprint density at radius 2 is 1.93 bits per heavy atom. The summed E-state index contributed by atoms with van der Waals surface area (Å²) >= 11 is 0. The van der Waals surface area contributed by atoms with Crippen molar-refractivity contribution in [2.24, 2.45) is 5.41 Å². The van der Waals surface area contributed by atoms with Gasteiger partial charge >= 0.3 is 0 Å². The lowest BCUT2D eigenvalue weighted by Gasteiger charge is -2.39. The fourth-order valence-electron chi connectivity index (χ4n) is 3.88. The van der Waals surface area contributed by atoms with Crippen LogP contribution in [0.3, 0.4) is 0 Å². The van der Waals surface area contributed by atoms with Gasteiger partial charge in [-0.05, 0) is 55.7 Å². The molecule has 0 saturated carbocycles. The summed E-state index contributed by atoms with van der Waals surface area (Å²) in [5.41, 5.74) is 2.01. The van der Waals surface area contributed by atoms with E-state index in [1.54, 1.807) is 7.11 Å². The molecule has 0 radical (unpaired) electrons. The highest BCUT2D eigenvalue weighted by molar-refractivity contribution is 5.96. The molecule has 1 heterocycles. The van der Waals surface area contributed by atoms with Crippen molar-refractivity contribution in [2.75, 3.05) is 39.2 Å². The maximum Gasteiger partial charge on any atom is 0.253 e. The number of anilines is 1. The van der Waals surface area contributed by atoms with Gasteiger partial charge in [-0.1, -0.05) is 18.2 Å². The number of amides is 2. The van der Waals surface area contributed by atoms with E-state index in [-0.39, 0.29) is 11.8 Å². The van der Waals surface area contributed by atoms with Gasteiger partial charge < -0.3 is 19.9 Å². The van der Waals surface area contributed by atoms with Crippen LogP contribution in [0.1, 0.15) is 35.7 Å². The molecule has 1 saturated heterocycles. The minimum Gasteiger partial charge on any atom is -0.497 e. The number of piperidine rings is 1. The van der Waals surface area contributed by atoms with Crippen molar-refractivity contribution in [2.45, 2.75) is 26.3 Å². The van der Waals surface area contributed by atoms with Crippen LogP contribution in [0, 0.1) is 5.41 Å². The quantitative estimate of drug-likeness (QED) is 0.795. The summed E-state index contributed by atoms with van der Waals surface area (Å²) in [6.07, 6.45) is 1.57. The predicted molar refractivity (Wildman–Crippen MR) is 119 cm³/mol. The normalized spacial score (nSPS) is 18.6. The molecule has 1 aliphatic rings. The molecule has 1 fully saturated rings. The van der Waals surface area contributed by atoms with E-state index in [1.807, 2.05) is 79.3 Å². The Kier molecular flexibility index (Phi) is 6.65. The first-order chi connectivity index (χ1) is 14.3. The van der Waals surface area contributed by atoms with Gasteiger partial charge in [0, 0.05) is 45.0 Å². The van der Waals surface area contributed by atoms with Gasteiger partial charge in [0.2, 0.25) is 5.91 Å². The zero-order valence-electron chi connectivity index (χ0n) is 18.3. The molecule has 160 valence electrons. The molecule has 0 aliphatic carbocycles. The molecule has 1 atom stereocenters. The van der Waals surface area contributed by atoms with Crippen molar-refractivity contribution in [3.63, 3.8) is 0 Å². The van der Waals surface area contributed by atoms with Crippen molar-refractivity contribution in [1.29, 1.82) is 0 Å². The van der Waals surface area contributed by atoms with Gasteiger partial charge in [0.25, 0.3) is 5.91 Å². The van der Waals surface area contributed by atoms with E-state index in [1.165, 1.54) is 0 Å². The van der Waals surface area contributed by atoms with Crippen LogP contribution in [-0.2, 0) is 11.3 Å². The van der Waals surface area contributed by atoms with E-state index < -0.39 is 5.41 Å². The first kappa shape index (κ1) is 21.7. The minimum absolute atomic E-state index is 0.0229. The highest BCUT2D eigenvalue weighted by Crippen LogP contribution is 2.31. The predicted octanol–water partition coefficient (Wildman–Crippen LogP) is 3.32. The molecule has 0 spiro atoms. The number of methoxy groups -OCH3 is 1. The van der Waals surface area contributed by atoms with E-state index in [0.29, 0.717) is 25.2 Å². The SMILES string of the molecule is COc1cccc(CNC(=O)C2(C)CCCN(C(=O)c3cccc(N(C)C)c3)C2)c1. The summed E-state index contributed by atoms with van der Waals surface area (Å²) in [6, 6.07) is 15.3. The maximum atomic E-state index is 13.1. The molecule has 1 unspecified atom stereocenters. The fraction of sp³-hybridized carbons (Fsp3) is 0.417. The zero-order chi connectivity index (χ0) is 21.7. The number of benzene rings is 2. The Balaban J connectivity index is 1.66. The third kappa shape index (κ3) is 4.93. The van der Waals surface area contributed by atoms with Gasteiger partial charge in [-0.3, -0.25) is 9.59 Å². The average molecular weight is 410 g/mol. The molecular weight excluding hydrogens is 378 g/mol. The van der Waals surface area contributed by atoms with E-state index in [9.17, 15) is 9.59 Å². The van der Waals surface area contributed by atoms with E-state index in [0.717, 1.165) is 29.8 Å². The van der Waals surface area contributed by atoms with E-state index in [4.69, 9.17) is 4.74 Å². The van der Waals surface area contributed by atoms with Crippen molar-refractivity contribution in [1.82, 2.24) is 10.2 Å². The van der Waals surface area contributed by atoms with E-state index >= 15 is 0 Å². The average Bonchev–Trinajstić information content (AvgIpc) is 2.77. The monoisotopic (exact) mass is 409 g/mol. The smallest absolute Gasteiger partial charge is 0.253 e. The Morgan fingerprint density at radius 3 is 2.67 bits per heavy atom. The second kappa shape index (κ2) is 9.20. The van der Waals surface area contributed by atoms with Crippen LogP contribution in [0.4, 0.5) is 5.69 Å². The van der Waals surface area contributed by atoms with Gasteiger partial charge in [-0.2, -0.15) is 0 Å². The van der Waals surface area contributed by atoms with Gasteiger partial charge in [-0.15, -0.1) is 0 Å². The minimum atomic E-state index is -0.605. The Bertz CT molecular complexity index is 912. The lowest BCUT2D eigenvalue weighted by atomic mass is 9.80. The second-order valence-corrected chi connectivity index (χ2v) is 8.37. The molecule has 2 aromatic rings. The number of carbonyl (C=O) groups is 2. The Morgan fingerprint density at radius 1 is 1.17 bits per heavy atom. The molecule has 0 aromatic heterocycles. The lowest BCUT2D eigenvalue weighted by Crippen LogP contribution is -2.51. The summed E-state index contributed by atoms with van der Waals surface area (Å²) in [7, 11) is 5.53. The zero-order valence-corrected chi connectivity index (χ0v) is 18.3. The molecule has 1 aliphatic heterocycles. The molecule has 2 aromatic carbocycles. The summed E-state index contributed by atoms with van der Waals surface area (Å²) in [5, 5.41) is 3.04. The molecule has 3 rings (SSSR count). The third-order valence-electron chi connectivity index (χ3n) is 5.73. The second-order valence-electron chi connectivity index (χ2n) is 8.37. The first-order valence-corrected chi connectivity index (χ1v) is 10.3. The summed E-state index contributed by atoms with van der Waals surface area (Å²) in [5.74, 6) is 0.720. The van der Waals surface area contributed by atoms with Gasteiger partial charge in [0.1, 0.15) is 5.75 Å². The number of hydrogen-bond acceptors (Lipinski definition) is 4. The molecule has 6 nitrogen and oxygen atoms in total. The van der Waals surface area contributed by atoms with Gasteiger partial charge in [-0.25, -0.2) is 0 Å². The maximum absolute atomic E-state index is 13.1. The van der Waals surface area contributed by atoms with Crippen molar-refractivity contribution < 1.29 is 14.3 Å². The molecule has 0 bridgehead atoms. The molecular formula is C24H31N3O3. The number of rotatable bonds is 6. The van der Waals surface area contributed by atoms with Crippen LogP contribution in [0.2, 0.25) is 0 Å². The Labute approximate surface area is 178 Å². The third-order valence-corrected chi connectivity index (χ3v) is 5.73. The van der Waals surface area contributed by atoms with Crippen LogP contribution >= 0.6 is 0 Å². The summed E-state index contributed by atoms with van der Waals surface area (Å²) < 4.78 is 5.24. The fourth-order valence-corrected chi connectivity index (χ4v) is 3.88. The van der Waals surface area contributed by atoms with Crippen molar-refractivity contribution >= 4 is 17.5 Å². The van der Waals surface area contributed by atoms with Crippen LogP contribution in [-0.4, -0.2) is 51.0 Å². The number of carbonyl (C=O) groups excluding carboxylic acids is 2. The highest BCUT2D eigenvalue weighted by atomic mass is 16.5. The van der Waals surface area contributed by atoms with E-state index in [2.05, 4.69) is 5.32 Å². The number of hydrogen-bond donors (Lipinski definition) is 1. The molecule has 1 N–H and O–H groups in total.